The number of aryl methyl sites for hydroxylation is 1. The summed E-state index contributed by atoms with van der Waals surface area (Å²) >= 11 is 3.58. The third-order valence-electron chi connectivity index (χ3n) is 3.90. The Hall–Kier alpha value is -1.76. The van der Waals surface area contributed by atoms with E-state index < -0.39 is 0 Å². The molecule has 0 spiro atoms. The maximum atomic E-state index is 11.9. The van der Waals surface area contributed by atoms with Gasteiger partial charge in [0.15, 0.2) is 5.96 Å². The van der Waals surface area contributed by atoms with Crippen LogP contribution in [0.15, 0.2) is 27.7 Å². The highest BCUT2D eigenvalue weighted by Crippen LogP contribution is 2.19. The number of halogens is 1. The Kier molecular flexibility index (Phi) is 5.51. The number of benzene rings is 1. The van der Waals surface area contributed by atoms with E-state index in [1.165, 1.54) is 11.1 Å². The summed E-state index contributed by atoms with van der Waals surface area (Å²) in [4.78, 5) is 23.9. The molecule has 23 heavy (non-hydrogen) atoms. The molecule has 0 N–H and O–H groups in total. The van der Waals surface area contributed by atoms with E-state index in [0.717, 1.165) is 17.0 Å². The molecule has 1 aliphatic rings. The number of amides is 2. The molecule has 0 unspecified atom stereocenters. The maximum Gasteiger partial charge on any atom is 0.322 e. The Morgan fingerprint density at radius 3 is 2.43 bits per heavy atom. The summed E-state index contributed by atoms with van der Waals surface area (Å²) in [5, 5.41) is 0. The molecule has 0 radical (unpaired) electrons. The predicted molar refractivity (Wildman–Crippen MR) is 96.2 cm³/mol. The summed E-state index contributed by atoms with van der Waals surface area (Å²) < 4.78 is 1.11. The zero-order chi connectivity index (χ0) is 17.1. The average molecular weight is 382 g/mol. The third kappa shape index (κ3) is 3.96. The normalized spacial score (nSPS) is 16.2. The number of carbonyl (C=O) groups excluding carboxylic acids is 1. The van der Waals surface area contributed by atoms with Gasteiger partial charge in [0.25, 0.3) is 0 Å². The standard InChI is InChI=1S/C16H24BrN5O/c1-12-6-7-13(8-14(12)17)9-19(3)15(18-2)22-10-20(4)16(23)21(5)11-22/h6-8H,9-11H2,1-5H3. The lowest BCUT2D eigenvalue weighted by molar-refractivity contribution is 0.0876. The van der Waals surface area contributed by atoms with Gasteiger partial charge in [-0.3, -0.25) is 4.99 Å². The van der Waals surface area contributed by atoms with Crippen LogP contribution in [0.2, 0.25) is 0 Å². The van der Waals surface area contributed by atoms with E-state index in [2.05, 4.69) is 55.8 Å². The van der Waals surface area contributed by atoms with Gasteiger partial charge >= 0.3 is 6.03 Å². The molecule has 2 rings (SSSR count). The van der Waals surface area contributed by atoms with Gasteiger partial charge in [0, 0.05) is 39.2 Å². The summed E-state index contributed by atoms with van der Waals surface area (Å²) in [6.07, 6.45) is 0. The molecule has 1 aliphatic heterocycles. The molecule has 7 heteroatoms. The molecule has 0 bridgehead atoms. The minimum atomic E-state index is 0.0295. The smallest absolute Gasteiger partial charge is 0.322 e. The minimum absolute atomic E-state index is 0.0295. The predicted octanol–water partition coefficient (Wildman–Crippen LogP) is 2.39. The van der Waals surface area contributed by atoms with Crippen molar-refractivity contribution in [2.75, 3.05) is 41.5 Å². The fourth-order valence-corrected chi connectivity index (χ4v) is 3.15. The SMILES string of the molecule is CN=C(N(C)Cc1ccc(C)c(Br)c1)N1CN(C)C(=O)N(C)C1. The summed E-state index contributed by atoms with van der Waals surface area (Å²) in [7, 11) is 7.41. The summed E-state index contributed by atoms with van der Waals surface area (Å²) in [6.45, 7) is 3.91. The van der Waals surface area contributed by atoms with Gasteiger partial charge in [-0.2, -0.15) is 0 Å². The molecule has 0 atom stereocenters. The Balaban J connectivity index is 2.11. The van der Waals surface area contributed by atoms with Gasteiger partial charge in [0.1, 0.15) is 0 Å². The van der Waals surface area contributed by atoms with Crippen molar-refractivity contribution in [3.63, 3.8) is 0 Å². The van der Waals surface area contributed by atoms with Crippen molar-refractivity contribution < 1.29 is 4.79 Å². The van der Waals surface area contributed by atoms with Crippen LogP contribution in [0.25, 0.3) is 0 Å². The first-order valence-electron chi connectivity index (χ1n) is 7.47. The lowest BCUT2D eigenvalue weighted by Crippen LogP contribution is -2.59. The highest BCUT2D eigenvalue weighted by atomic mass is 79.9. The lowest BCUT2D eigenvalue weighted by atomic mass is 10.1. The highest BCUT2D eigenvalue weighted by Gasteiger charge is 2.28. The zero-order valence-corrected chi connectivity index (χ0v) is 16.0. The van der Waals surface area contributed by atoms with Crippen LogP contribution in [-0.2, 0) is 6.54 Å². The largest absolute Gasteiger partial charge is 0.341 e. The van der Waals surface area contributed by atoms with Gasteiger partial charge in [-0.05, 0) is 24.1 Å². The molecule has 0 saturated carbocycles. The van der Waals surface area contributed by atoms with Gasteiger partial charge < -0.3 is 19.6 Å². The number of guanidine groups is 1. The molecule has 0 aliphatic carbocycles. The topological polar surface area (TPSA) is 42.4 Å². The number of aliphatic imine (C=N–C) groups is 1. The Morgan fingerprint density at radius 1 is 1.30 bits per heavy atom. The number of hydrogen-bond acceptors (Lipinski definition) is 2. The van der Waals surface area contributed by atoms with Crippen LogP contribution in [0.1, 0.15) is 11.1 Å². The number of carbonyl (C=O) groups is 1. The highest BCUT2D eigenvalue weighted by molar-refractivity contribution is 9.10. The van der Waals surface area contributed by atoms with Crippen molar-refractivity contribution in [2.45, 2.75) is 13.5 Å². The van der Waals surface area contributed by atoms with Gasteiger partial charge in [0.05, 0.1) is 13.3 Å². The molecular weight excluding hydrogens is 358 g/mol. The van der Waals surface area contributed by atoms with E-state index in [4.69, 9.17) is 0 Å². The molecule has 2 amide bonds. The van der Waals surface area contributed by atoms with Crippen molar-refractivity contribution >= 4 is 27.9 Å². The second-order valence-corrected chi connectivity index (χ2v) is 6.82. The van der Waals surface area contributed by atoms with Crippen molar-refractivity contribution in [3.8, 4) is 0 Å². The molecule has 1 heterocycles. The maximum absolute atomic E-state index is 11.9. The second-order valence-electron chi connectivity index (χ2n) is 5.96. The number of rotatable bonds is 2. The van der Waals surface area contributed by atoms with Crippen LogP contribution in [0, 0.1) is 6.92 Å². The van der Waals surface area contributed by atoms with Gasteiger partial charge in [-0.25, -0.2) is 4.79 Å². The van der Waals surface area contributed by atoms with Crippen molar-refractivity contribution in [2.24, 2.45) is 4.99 Å². The minimum Gasteiger partial charge on any atom is -0.341 e. The quantitative estimate of drug-likeness (QED) is 0.583. The van der Waals surface area contributed by atoms with Crippen molar-refractivity contribution in [3.05, 3.63) is 33.8 Å². The monoisotopic (exact) mass is 381 g/mol. The number of urea groups is 1. The van der Waals surface area contributed by atoms with Crippen LogP contribution in [-0.4, -0.2) is 73.1 Å². The summed E-state index contributed by atoms with van der Waals surface area (Å²) in [5.41, 5.74) is 2.43. The van der Waals surface area contributed by atoms with Crippen LogP contribution in [0.3, 0.4) is 0 Å². The summed E-state index contributed by atoms with van der Waals surface area (Å²) in [5.74, 6) is 0.868. The summed E-state index contributed by atoms with van der Waals surface area (Å²) in [6, 6.07) is 6.40. The Bertz CT molecular complexity index is 604. The van der Waals surface area contributed by atoms with Crippen LogP contribution < -0.4 is 0 Å². The van der Waals surface area contributed by atoms with Gasteiger partial charge in [0.2, 0.25) is 0 Å². The second kappa shape index (κ2) is 7.21. The fourth-order valence-electron chi connectivity index (χ4n) is 2.73. The molecular formula is C16H24BrN5O. The van der Waals surface area contributed by atoms with Crippen molar-refractivity contribution in [1.29, 1.82) is 0 Å². The van der Waals surface area contributed by atoms with E-state index in [-0.39, 0.29) is 6.03 Å². The van der Waals surface area contributed by atoms with Crippen LogP contribution in [0.4, 0.5) is 4.79 Å². The van der Waals surface area contributed by atoms with Gasteiger partial charge in [-0.15, -0.1) is 0 Å². The van der Waals surface area contributed by atoms with E-state index in [0.29, 0.717) is 13.3 Å². The fraction of sp³-hybridized carbons (Fsp3) is 0.500. The average Bonchev–Trinajstić information content (AvgIpc) is 2.49. The molecule has 6 nitrogen and oxygen atoms in total. The number of nitrogens with zero attached hydrogens (tertiary/aromatic N) is 5. The van der Waals surface area contributed by atoms with E-state index >= 15 is 0 Å². The molecule has 0 aromatic heterocycles. The van der Waals surface area contributed by atoms with E-state index in [1.807, 2.05) is 7.05 Å². The van der Waals surface area contributed by atoms with E-state index in [9.17, 15) is 4.79 Å². The molecule has 126 valence electrons. The molecule has 1 saturated heterocycles. The van der Waals surface area contributed by atoms with Crippen molar-refractivity contribution in [1.82, 2.24) is 19.6 Å². The van der Waals surface area contributed by atoms with Crippen LogP contribution in [0.5, 0.6) is 0 Å². The number of hydrogen-bond donors (Lipinski definition) is 0. The Labute approximate surface area is 146 Å². The first-order chi connectivity index (χ1) is 10.8. The van der Waals surface area contributed by atoms with Crippen LogP contribution >= 0.6 is 15.9 Å². The third-order valence-corrected chi connectivity index (χ3v) is 4.75. The molecule has 1 aromatic carbocycles. The first kappa shape index (κ1) is 17.6. The zero-order valence-electron chi connectivity index (χ0n) is 14.4. The Morgan fingerprint density at radius 2 is 1.91 bits per heavy atom. The molecule has 1 fully saturated rings. The molecule has 1 aromatic rings. The first-order valence-corrected chi connectivity index (χ1v) is 8.27. The van der Waals surface area contributed by atoms with Gasteiger partial charge in [-0.1, -0.05) is 28.1 Å². The van der Waals surface area contributed by atoms with E-state index in [1.54, 1.807) is 30.9 Å². The lowest BCUT2D eigenvalue weighted by Gasteiger charge is -2.42.